The number of nitrogens with zero attached hydrogens (tertiary/aromatic N) is 1. The van der Waals surface area contributed by atoms with Crippen molar-refractivity contribution >= 4 is 0 Å². The smallest absolute Gasteiger partial charge is 0.0991 e. The van der Waals surface area contributed by atoms with Gasteiger partial charge in [-0.15, -0.1) is 0 Å². The Morgan fingerprint density at radius 1 is 1.19 bits per heavy atom. The van der Waals surface area contributed by atoms with Gasteiger partial charge in [0.05, 0.1) is 11.6 Å². The molecule has 1 aromatic carbocycles. The molecule has 1 rings (SSSR count). The second-order valence-electron chi connectivity index (χ2n) is 4.27. The number of nitriles is 1. The van der Waals surface area contributed by atoms with Gasteiger partial charge in [-0.3, -0.25) is 0 Å². The van der Waals surface area contributed by atoms with E-state index in [4.69, 9.17) is 11.0 Å². The van der Waals surface area contributed by atoms with Crippen LogP contribution in [0.5, 0.6) is 0 Å². The summed E-state index contributed by atoms with van der Waals surface area (Å²) in [6.07, 6.45) is 0. The average molecular weight is 217 g/mol. The monoisotopic (exact) mass is 217 g/mol. The molecule has 1 aromatic rings. The van der Waals surface area contributed by atoms with E-state index in [0.29, 0.717) is 5.56 Å². The number of nitrogens with one attached hydrogen (secondary N) is 1. The maximum absolute atomic E-state index is 8.70. The molecule has 86 valence electrons. The molecule has 0 aliphatic rings. The van der Waals surface area contributed by atoms with E-state index in [9.17, 15) is 0 Å². The molecule has 3 nitrogen and oxygen atoms in total. The Hall–Kier alpha value is -1.37. The molecule has 3 unspecified atom stereocenters. The van der Waals surface area contributed by atoms with E-state index >= 15 is 0 Å². The molecule has 0 aromatic heterocycles. The maximum Gasteiger partial charge on any atom is 0.0991 e. The van der Waals surface area contributed by atoms with Crippen molar-refractivity contribution in [1.82, 2.24) is 5.32 Å². The molecule has 0 saturated carbocycles. The number of rotatable bonds is 4. The van der Waals surface area contributed by atoms with Crippen LogP contribution < -0.4 is 11.1 Å². The topological polar surface area (TPSA) is 61.8 Å². The molecule has 0 aliphatic carbocycles. The van der Waals surface area contributed by atoms with Crippen LogP contribution in [0.2, 0.25) is 0 Å². The van der Waals surface area contributed by atoms with E-state index in [1.54, 1.807) is 0 Å². The van der Waals surface area contributed by atoms with E-state index in [2.05, 4.69) is 25.2 Å². The zero-order chi connectivity index (χ0) is 12.1. The molecule has 0 radical (unpaired) electrons. The predicted molar refractivity (Wildman–Crippen MR) is 65.8 cm³/mol. The summed E-state index contributed by atoms with van der Waals surface area (Å²) in [4.78, 5) is 0. The molecule has 3 atom stereocenters. The van der Waals surface area contributed by atoms with Crippen molar-refractivity contribution in [2.75, 3.05) is 0 Å². The van der Waals surface area contributed by atoms with E-state index in [-0.39, 0.29) is 18.1 Å². The van der Waals surface area contributed by atoms with Crippen LogP contribution in [0.25, 0.3) is 0 Å². The second-order valence-corrected chi connectivity index (χ2v) is 4.27. The molecule has 0 amide bonds. The summed E-state index contributed by atoms with van der Waals surface area (Å²) in [6.45, 7) is 6.16. The first kappa shape index (κ1) is 12.7. The quantitative estimate of drug-likeness (QED) is 0.810. The first-order chi connectivity index (χ1) is 7.54. The van der Waals surface area contributed by atoms with Crippen LogP contribution in [0.1, 0.15) is 37.9 Å². The summed E-state index contributed by atoms with van der Waals surface area (Å²) in [5, 5.41) is 12.1. The van der Waals surface area contributed by atoms with Crippen LogP contribution in [0, 0.1) is 11.3 Å². The minimum absolute atomic E-state index is 0.126. The molecule has 0 spiro atoms. The summed E-state index contributed by atoms with van der Waals surface area (Å²) in [5.74, 6) is 0. The highest BCUT2D eigenvalue weighted by molar-refractivity contribution is 5.32. The lowest BCUT2D eigenvalue weighted by Crippen LogP contribution is -2.41. The zero-order valence-electron chi connectivity index (χ0n) is 10.1. The molecule has 0 fully saturated rings. The highest BCUT2D eigenvalue weighted by Crippen LogP contribution is 2.14. The summed E-state index contributed by atoms with van der Waals surface area (Å²) < 4.78 is 0. The lowest BCUT2D eigenvalue weighted by Gasteiger charge is -2.23. The van der Waals surface area contributed by atoms with E-state index in [1.807, 2.05) is 31.2 Å². The molecular weight excluding hydrogens is 198 g/mol. The molecule has 0 saturated heterocycles. The maximum atomic E-state index is 8.70. The third-order valence-corrected chi connectivity index (χ3v) is 2.84. The number of hydrogen-bond acceptors (Lipinski definition) is 3. The van der Waals surface area contributed by atoms with Gasteiger partial charge in [0.15, 0.2) is 0 Å². The first-order valence-corrected chi connectivity index (χ1v) is 5.56. The third-order valence-electron chi connectivity index (χ3n) is 2.84. The molecule has 0 bridgehead atoms. The average Bonchev–Trinajstić information content (AvgIpc) is 2.28. The lowest BCUT2D eigenvalue weighted by molar-refractivity contribution is 0.430. The van der Waals surface area contributed by atoms with Crippen LogP contribution in [0.4, 0.5) is 0 Å². The predicted octanol–water partition coefficient (Wildman–Crippen LogP) is 1.94. The van der Waals surface area contributed by atoms with E-state index in [0.717, 1.165) is 0 Å². The molecule has 3 heteroatoms. The number of benzene rings is 1. The largest absolute Gasteiger partial charge is 0.327 e. The Bertz CT molecular complexity index is 362. The zero-order valence-corrected chi connectivity index (χ0v) is 10.1. The van der Waals surface area contributed by atoms with Crippen molar-refractivity contribution in [2.45, 2.75) is 38.9 Å². The van der Waals surface area contributed by atoms with Crippen molar-refractivity contribution < 1.29 is 0 Å². The Morgan fingerprint density at radius 2 is 1.75 bits per heavy atom. The van der Waals surface area contributed by atoms with Crippen molar-refractivity contribution in [3.05, 3.63) is 35.4 Å². The van der Waals surface area contributed by atoms with Gasteiger partial charge in [-0.25, -0.2) is 0 Å². The Balaban J connectivity index is 2.66. The Kier molecular flexibility index (Phi) is 4.48. The number of hydrogen-bond donors (Lipinski definition) is 2. The van der Waals surface area contributed by atoms with Gasteiger partial charge in [0.1, 0.15) is 0 Å². The highest BCUT2D eigenvalue weighted by atomic mass is 15.0. The third kappa shape index (κ3) is 3.34. The van der Waals surface area contributed by atoms with Gasteiger partial charge in [-0.05, 0) is 38.5 Å². The van der Waals surface area contributed by atoms with Crippen LogP contribution in [0.15, 0.2) is 24.3 Å². The molecule has 16 heavy (non-hydrogen) atoms. The van der Waals surface area contributed by atoms with Crippen LogP contribution in [0.3, 0.4) is 0 Å². The summed E-state index contributed by atoms with van der Waals surface area (Å²) in [5.41, 5.74) is 7.67. The van der Waals surface area contributed by atoms with Crippen molar-refractivity contribution in [2.24, 2.45) is 5.73 Å². The van der Waals surface area contributed by atoms with E-state index in [1.165, 1.54) is 5.56 Å². The van der Waals surface area contributed by atoms with Crippen molar-refractivity contribution in [3.8, 4) is 6.07 Å². The van der Waals surface area contributed by atoms with Gasteiger partial charge in [0.2, 0.25) is 0 Å². The minimum atomic E-state index is 0.126. The normalized spacial score (nSPS) is 16.2. The summed E-state index contributed by atoms with van der Waals surface area (Å²) >= 11 is 0. The van der Waals surface area contributed by atoms with Gasteiger partial charge in [0.25, 0.3) is 0 Å². The van der Waals surface area contributed by atoms with Crippen LogP contribution in [-0.4, -0.2) is 12.1 Å². The lowest BCUT2D eigenvalue weighted by atomic mass is 10.0. The first-order valence-electron chi connectivity index (χ1n) is 5.56. The Morgan fingerprint density at radius 3 is 2.19 bits per heavy atom. The second kappa shape index (κ2) is 5.64. The van der Waals surface area contributed by atoms with Crippen LogP contribution >= 0.6 is 0 Å². The Labute approximate surface area is 97.3 Å². The van der Waals surface area contributed by atoms with Gasteiger partial charge >= 0.3 is 0 Å². The summed E-state index contributed by atoms with van der Waals surface area (Å²) in [7, 11) is 0. The van der Waals surface area contributed by atoms with Gasteiger partial charge in [-0.2, -0.15) is 5.26 Å². The van der Waals surface area contributed by atoms with Gasteiger partial charge < -0.3 is 11.1 Å². The van der Waals surface area contributed by atoms with Crippen molar-refractivity contribution in [3.63, 3.8) is 0 Å². The summed E-state index contributed by atoms with van der Waals surface area (Å²) in [6, 6.07) is 10.4. The fraction of sp³-hybridized carbons (Fsp3) is 0.462. The fourth-order valence-corrected chi connectivity index (χ4v) is 1.49. The fourth-order valence-electron chi connectivity index (χ4n) is 1.49. The van der Waals surface area contributed by atoms with Crippen molar-refractivity contribution in [1.29, 1.82) is 5.26 Å². The SMILES string of the molecule is CC(NC(C)C(C)N)c1ccc(C#N)cc1. The standard InChI is InChI=1S/C13H19N3/c1-9(15)10(2)16-11(3)13-6-4-12(8-14)5-7-13/h4-7,9-11,16H,15H2,1-3H3. The van der Waals surface area contributed by atoms with Crippen LogP contribution in [-0.2, 0) is 0 Å². The minimum Gasteiger partial charge on any atom is -0.327 e. The van der Waals surface area contributed by atoms with Gasteiger partial charge in [-0.1, -0.05) is 12.1 Å². The molecule has 3 N–H and O–H groups in total. The van der Waals surface area contributed by atoms with E-state index < -0.39 is 0 Å². The van der Waals surface area contributed by atoms with Gasteiger partial charge in [0, 0.05) is 18.1 Å². The molecule has 0 heterocycles. The molecular formula is C13H19N3. The molecule has 0 aliphatic heterocycles. The number of nitrogens with two attached hydrogens (primary N) is 1. The highest BCUT2D eigenvalue weighted by Gasteiger charge is 2.12.